The summed E-state index contributed by atoms with van der Waals surface area (Å²) in [6.07, 6.45) is 0. The van der Waals surface area contributed by atoms with Gasteiger partial charge in [-0.15, -0.1) is 11.6 Å². The summed E-state index contributed by atoms with van der Waals surface area (Å²) in [5.74, 6) is -2.39. The maximum atomic E-state index is 13.6. The number of allylic oxidation sites excluding steroid dienone is 1. The molecule has 6 heteroatoms. The van der Waals surface area contributed by atoms with E-state index in [2.05, 4.69) is 0 Å². The summed E-state index contributed by atoms with van der Waals surface area (Å²) in [5.41, 5.74) is 0.348. The monoisotopic (exact) mass is 338 g/mol. The van der Waals surface area contributed by atoms with Crippen LogP contribution >= 0.6 is 23.4 Å². The second kappa shape index (κ2) is 5.74. The van der Waals surface area contributed by atoms with Gasteiger partial charge < -0.3 is 5.11 Å². The molecule has 0 saturated carbocycles. The van der Waals surface area contributed by atoms with E-state index in [0.717, 1.165) is 6.07 Å². The van der Waals surface area contributed by atoms with Crippen LogP contribution in [-0.2, 0) is 4.79 Å². The lowest BCUT2D eigenvalue weighted by molar-refractivity contribution is -0.111. The Balaban J connectivity index is 2.37. The van der Waals surface area contributed by atoms with Crippen LogP contribution in [0.4, 0.5) is 8.78 Å². The summed E-state index contributed by atoms with van der Waals surface area (Å²) in [5, 5.41) is 10.5. The van der Waals surface area contributed by atoms with Crippen LogP contribution in [0.2, 0.25) is 0 Å². The molecule has 0 bridgehead atoms. The number of aliphatic hydroxyl groups is 1. The minimum absolute atomic E-state index is 0.0960. The number of ketones is 1. The molecule has 1 aliphatic rings. The van der Waals surface area contributed by atoms with Gasteiger partial charge in [0.2, 0.25) is 0 Å². The Hall–Kier alpha value is -1.85. The van der Waals surface area contributed by atoms with Gasteiger partial charge in [-0.3, -0.25) is 4.79 Å². The fraction of sp³-hybridized carbons (Fsp3) is 0.0625. The largest absolute Gasteiger partial charge is 0.506 e. The first kappa shape index (κ1) is 15.1. The van der Waals surface area contributed by atoms with E-state index in [-0.39, 0.29) is 22.6 Å². The lowest BCUT2D eigenvalue weighted by Gasteiger charge is -2.09. The Labute approximate surface area is 134 Å². The van der Waals surface area contributed by atoms with Crippen molar-refractivity contribution < 1.29 is 18.7 Å². The smallest absolute Gasteiger partial charge is 0.181 e. The number of Topliss-reactive ketones (excluding diaryl/α,β-unsaturated/α-hetero) is 1. The fourth-order valence-corrected chi connectivity index (χ4v) is 3.47. The highest BCUT2D eigenvalue weighted by Crippen LogP contribution is 2.43. The summed E-state index contributed by atoms with van der Waals surface area (Å²) in [6, 6.07) is 7.86. The van der Waals surface area contributed by atoms with Crippen LogP contribution in [0.25, 0.3) is 11.3 Å². The number of carbonyl (C=O) groups is 1. The number of carbonyl (C=O) groups excluding carboxylic acids is 1. The molecule has 2 aromatic rings. The van der Waals surface area contributed by atoms with Crippen LogP contribution in [0.3, 0.4) is 0 Å². The summed E-state index contributed by atoms with van der Waals surface area (Å²) in [6.45, 7) is 0. The van der Waals surface area contributed by atoms with Gasteiger partial charge in [-0.25, -0.2) is 8.78 Å². The second-order valence-electron chi connectivity index (χ2n) is 4.66. The number of rotatable bonds is 2. The Morgan fingerprint density at radius 2 is 1.59 bits per heavy atom. The Bertz CT molecular complexity index is 818. The van der Waals surface area contributed by atoms with Gasteiger partial charge in [-0.1, -0.05) is 11.8 Å². The third kappa shape index (κ3) is 2.51. The highest BCUT2D eigenvalue weighted by molar-refractivity contribution is 7.99. The van der Waals surface area contributed by atoms with E-state index in [1.165, 1.54) is 42.1 Å². The average Bonchev–Trinajstić information content (AvgIpc) is 2.61. The molecule has 0 fully saturated rings. The summed E-state index contributed by atoms with van der Waals surface area (Å²) in [4.78, 5) is 13.3. The highest BCUT2D eigenvalue weighted by Gasteiger charge is 2.27. The van der Waals surface area contributed by atoms with Crippen LogP contribution in [0.1, 0.15) is 11.1 Å². The SMILES string of the molecule is O=C(CCl)C1=C(O)c2cc(F)ccc2Sc2ccc(F)cc21. The average molecular weight is 339 g/mol. The summed E-state index contributed by atoms with van der Waals surface area (Å²) in [7, 11) is 0. The van der Waals surface area contributed by atoms with Gasteiger partial charge in [0.1, 0.15) is 17.4 Å². The third-order valence-electron chi connectivity index (χ3n) is 3.26. The fourth-order valence-electron chi connectivity index (χ4n) is 2.29. The first-order valence-electron chi connectivity index (χ1n) is 6.31. The van der Waals surface area contributed by atoms with Crippen molar-refractivity contribution >= 4 is 40.5 Å². The van der Waals surface area contributed by atoms with Crippen LogP contribution in [0, 0.1) is 11.6 Å². The predicted molar refractivity (Wildman–Crippen MR) is 82.1 cm³/mol. The Morgan fingerprint density at radius 1 is 1.05 bits per heavy atom. The molecule has 0 aromatic heterocycles. The van der Waals surface area contributed by atoms with Gasteiger partial charge in [0, 0.05) is 20.9 Å². The molecule has 3 rings (SSSR count). The lowest BCUT2D eigenvalue weighted by atomic mass is 9.98. The molecule has 1 N–H and O–H groups in total. The maximum absolute atomic E-state index is 13.6. The van der Waals surface area contributed by atoms with E-state index < -0.39 is 23.2 Å². The molecule has 0 unspecified atom stereocenters. The van der Waals surface area contributed by atoms with Crippen LogP contribution < -0.4 is 0 Å². The van der Waals surface area contributed by atoms with Crippen molar-refractivity contribution in [2.24, 2.45) is 0 Å². The van der Waals surface area contributed by atoms with Crippen molar-refractivity contribution in [2.45, 2.75) is 9.79 Å². The molecule has 2 aromatic carbocycles. The van der Waals surface area contributed by atoms with Crippen molar-refractivity contribution in [3.05, 3.63) is 59.2 Å². The van der Waals surface area contributed by atoms with E-state index >= 15 is 0 Å². The molecule has 0 atom stereocenters. The molecule has 112 valence electrons. The number of alkyl halides is 1. The highest BCUT2D eigenvalue weighted by atomic mass is 35.5. The van der Waals surface area contributed by atoms with Gasteiger partial charge >= 0.3 is 0 Å². The Kier molecular flexibility index (Phi) is 3.93. The molecule has 0 aliphatic carbocycles. The zero-order chi connectivity index (χ0) is 15.9. The van der Waals surface area contributed by atoms with Gasteiger partial charge in [-0.05, 0) is 36.4 Å². The van der Waals surface area contributed by atoms with Crippen molar-refractivity contribution in [1.29, 1.82) is 0 Å². The number of hydrogen-bond acceptors (Lipinski definition) is 3. The minimum atomic E-state index is -0.552. The van der Waals surface area contributed by atoms with Crippen molar-refractivity contribution in [3.63, 3.8) is 0 Å². The number of hydrogen-bond donors (Lipinski definition) is 1. The van der Waals surface area contributed by atoms with Crippen LogP contribution in [-0.4, -0.2) is 16.8 Å². The van der Waals surface area contributed by atoms with Gasteiger partial charge in [0.15, 0.2) is 5.78 Å². The van der Waals surface area contributed by atoms with Crippen molar-refractivity contribution in [3.8, 4) is 0 Å². The molecule has 0 saturated heterocycles. The van der Waals surface area contributed by atoms with E-state index in [1.807, 2.05) is 0 Å². The van der Waals surface area contributed by atoms with Crippen molar-refractivity contribution in [2.75, 3.05) is 5.88 Å². The molecule has 22 heavy (non-hydrogen) atoms. The standard InChI is InChI=1S/C16H9ClF2O2S/c17-7-12(20)15-10-5-8(18)1-3-13(10)22-14-4-2-9(19)6-11(14)16(15)21/h1-6,21H,7H2. The molecular formula is C16H9ClF2O2S. The molecular weight excluding hydrogens is 330 g/mol. The first-order chi connectivity index (χ1) is 10.5. The zero-order valence-electron chi connectivity index (χ0n) is 11.1. The molecule has 1 heterocycles. The lowest BCUT2D eigenvalue weighted by Crippen LogP contribution is -2.07. The minimum Gasteiger partial charge on any atom is -0.506 e. The second-order valence-corrected chi connectivity index (χ2v) is 6.01. The summed E-state index contributed by atoms with van der Waals surface area (Å²) < 4.78 is 27.1. The van der Waals surface area contributed by atoms with Crippen LogP contribution in [0.15, 0.2) is 46.2 Å². The van der Waals surface area contributed by atoms with Gasteiger partial charge in [0.25, 0.3) is 0 Å². The van der Waals surface area contributed by atoms with E-state index in [9.17, 15) is 18.7 Å². The van der Waals surface area contributed by atoms with E-state index in [1.54, 1.807) is 0 Å². The Morgan fingerprint density at radius 3 is 2.18 bits per heavy atom. The zero-order valence-corrected chi connectivity index (χ0v) is 12.6. The third-order valence-corrected chi connectivity index (χ3v) is 4.66. The predicted octanol–water partition coefficient (Wildman–Crippen LogP) is 4.66. The molecule has 2 nitrogen and oxygen atoms in total. The molecule has 0 amide bonds. The van der Waals surface area contributed by atoms with Crippen molar-refractivity contribution in [1.82, 2.24) is 0 Å². The number of fused-ring (bicyclic) bond motifs is 2. The van der Waals surface area contributed by atoms with E-state index in [0.29, 0.717) is 9.79 Å². The molecule has 0 spiro atoms. The first-order valence-corrected chi connectivity index (χ1v) is 7.66. The van der Waals surface area contributed by atoms with E-state index in [4.69, 9.17) is 11.6 Å². The molecule has 1 aliphatic heterocycles. The maximum Gasteiger partial charge on any atom is 0.181 e. The molecule has 0 radical (unpaired) electrons. The van der Waals surface area contributed by atoms with Crippen LogP contribution in [0.5, 0.6) is 0 Å². The number of halogens is 3. The summed E-state index contributed by atoms with van der Waals surface area (Å²) >= 11 is 6.82. The normalized spacial score (nSPS) is 13.4. The quantitative estimate of drug-likeness (QED) is 0.809. The topological polar surface area (TPSA) is 37.3 Å². The van der Waals surface area contributed by atoms with Gasteiger partial charge in [-0.2, -0.15) is 0 Å². The number of benzene rings is 2. The number of aliphatic hydroxyl groups excluding tert-OH is 1. The van der Waals surface area contributed by atoms with Gasteiger partial charge in [0.05, 0.1) is 11.5 Å².